The third kappa shape index (κ3) is 5.33. The van der Waals surface area contributed by atoms with E-state index < -0.39 is 10.0 Å². The number of carbonyl (C=O) groups is 1. The van der Waals surface area contributed by atoms with Crippen molar-refractivity contribution in [1.29, 1.82) is 0 Å². The summed E-state index contributed by atoms with van der Waals surface area (Å²) in [6.07, 6.45) is 8.26. The van der Waals surface area contributed by atoms with Gasteiger partial charge in [0.15, 0.2) is 5.82 Å². The molecule has 0 spiro atoms. The number of rotatable bonds is 6. The maximum absolute atomic E-state index is 13.0. The molecule has 1 aliphatic carbocycles. The van der Waals surface area contributed by atoms with Crippen LogP contribution < -0.4 is 19.8 Å². The number of piperidine rings is 1. The van der Waals surface area contributed by atoms with Crippen molar-refractivity contribution in [3.8, 4) is 0 Å². The fourth-order valence-electron chi connectivity index (χ4n) is 5.35. The highest BCUT2D eigenvalue weighted by Crippen LogP contribution is 2.36. The second-order valence-electron chi connectivity index (χ2n) is 10.1. The van der Waals surface area contributed by atoms with Gasteiger partial charge in [0.1, 0.15) is 5.69 Å². The van der Waals surface area contributed by atoms with Gasteiger partial charge in [-0.1, -0.05) is 18.9 Å². The van der Waals surface area contributed by atoms with Crippen molar-refractivity contribution in [3.05, 3.63) is 30.5 Å². The number of carbonyl (C=O) groups excluding carboxylic acids is 1. The van der Waals surface area contributed by atoms with Crippen molar-refractivity contribution in [2.45, 2.75) is 61.9 Å². The molecule has 1 aromatic heterocycles. The minimum absolute atomic E-state index is 0.0519. The number of hydrogen-bond acceptors (Lipinski definition) is 8. The first kappa shape index (κ1) is 24.9. The molecule has 0 radical (unpaired) electrons. The van der Waals surface area contributed by atoms with Gasteiger partial charge in [0, 0.05) is 37.8 Å². The number of nitrogens with zero attached hydrogens (tertiary/aromatic N) is 5. The van der Waals surface area contributed by atoms with Gasteiger partial charge in [-0.15, -0.1) is 0 Å². The smallest absolute Gasteiger partial charge is 0.240 e. The molecule has 2 N–H and O–H groups in total. The molecule has 0 bridgehead atoms. The van der Waals surface area contributed by atoms with Crippen LogP contribution in [0.4, 0.5) is 23.1 Å². The van der Waals surface area contributed by atoms with Crippen LogP contribution in [0.1, 0.15) is 44.9 Å². The van der Waals surface area contributed by atoms with E-state index in [9.17, 15) is 13.2 Å². The number of amides is 1. The molecule has 1 amide bonds. The standard InChI is InChI=1S/C25H35N7O3S/c1-30-13-10-18(11-14-30)29-36(34,35)21-9-5-6-19(16-21)27-25-26-17-22-24(28-25)32(20-7-3-4-8-20)15-12-23(33)31(22)2/h5-6,9,16-18,20,29H,3-4,7-8,10-15H2,1-2H3,(H,26,27,28). The average molecular weight is 514 g/mol. The van der Waals surface area contributed by atoms with Crippen molar-refractivity contribution < 1.29 is 13.2 Å². The Bertz CT molecular complexity index is 1210. The molecule has 2 aromatic rings. The SMILES string of the molecule is CN1CCC(NS(=O)(=O)c2cccc(Nc3ncc4c(n3)N(C3CCCC3)CCC(=O)N4C)c2)CC1. The zero-order valence-electron chi connectivity index (χ0n) is 21.0. The first-order valence-corrected chi connectivity index (χ1v) is 14.3. The van der Waals surface area contributed by atoms with Crippen molar-refractivity contribution in [2.75, 3.05) is 48.8 Å². The average Bonchev–Trinajstić information content (AvgIpc) is 3.36. The number of benzene rings is 1. The van der Waals surface area contributed by atoms with Gasteiger partial charge in [-0.25, -0.2) is 18.1 Å². The van der Waals surface area contributed by atoms with Gasteiger partial charge in [-0.05, 0) is 64.0 Å². The predicted octanol–water partition coefficient (Wildman–Crippen LogP) is 2.71. The Morgan fingerprint density at radius 1 is 1.03 bits per heavy atom. The zero-order chi connectivity index (χ0) is 25.3. The van der Waals surface area contributed by atoms with Gasteiger partial charge in [-0.3, -0.25) is 4.79 Å². The third-order valence-corrected chi connectivity index (χ3v) is 9.05. The minimum atomic E-state index is -3.65. The van der Waals surface area contributed by atoms with Crippen LogP contribution in [-0.2, 0) is 14.8 Å². The third-order valence-electron chi connectivity index (χ3n) is 7.53. The molecular formula is C25H35N7O3S. The summed E-state index contributed by atoms with van der Waals surface area (Å²) in [6, 6.07) is 7.03. The van der Waals surface area contributed by atoms with Crippen LogP contribution in [0.25, 0.3) is 0 Å². The fourth-order valence-corrected chi connectivity index (χ4v) is 6.70. The second kappa shape index (κ2) is 10.3. The second-order valence-corrected chi connectivity index (χ2v) is 11.8. The molecule has 3 heterocycles. The van der Waals surface area contributed by atoms with Gasteiger partial charge in [0.2, 0.25) is 21.9 Å². The van der Waals surface area contributed by atoms with Gasteiger partial charge in [0.05, 0.1) is 11.1 Å². The Morgan fingerprint density at radius 3 is 2.53 bits per heavy atom. The minimum Gasteiger partial charge on any atom is -0.351 e. The molecule has 3 aliphatic rings. The molecule has 0 unspecified atom stereocenters. The van der Waals surface area contributed by atoms with Crippen molar-refractivity contribution >= 4 is 39.1 Å². The molecule has 1 saturated heterocycles. The van der Waals surface area contributed by atoms with E-state index >= 15 is 0 Å². The van der Waals surface area contributed by atoms with Crippen LogP contribution >= 0.6 is 0 Å². The number of aromatic nitrogens is 2. The van der Waals surface area contributed by atoms with E-state index in [2.05, 4.69) is 24.8 Å². The Kier molecular flexibility index (Phi) is 7.14. The van der Waals surface area contributed by atoms with Crippen molar-refractivity contribution in [2.24, 2.45) is 0 Å². The summed E-state index contributed by atoms with van der Waals surface area (Å²) in [5.41, 5.74) is 1.29. The number of hydrogen-bond donors (Lipinski definition) is 2. The van der Waals surface area contributed by atoms with Crippen LogP contribution in [0.2, 0.25) is 0 Å². The lowest BCUT2D eigenvalue weighted by Crippen LogP contribution is -2.43. The summed E-state index contributed by atoms with van der Waals surface area (Å²) in [5, 5.41) is 3.18. The summed E-state index contributed by atoms with van der Waals surface area (Å²) in [4.78, 5) is 28.1. The first-order chi connectivity index (χ1) is 17.3. The molecule has 5 rings (SSSR count). The highest BCUT2D eigenvalue weighted by molar-refractivity contribution is 7.89. The van der Waals surface area contributed by atoms with Crippen LogP contribution in [-0.4, -0.2) is 75.0 Å². The van der Waals surface area contributed by atoms with Gasteiger partial charge >= 0.3 is 0 Å². The molecule has 1 aromatic carbocycles. The van der Waals surface area contributed by atoms with Crippen molar-refractivity contribution in [1.82, 2.24) is 19.6 Å². The Hall–Kier alpha value is -2.76. The Morgan fingerprint density at radius 2 is 1.78 bits per heavy atom. The highest BCUT2D eigenvalue weighted by atomic mass is 32.2. The van der Waals surface area contributed by atoms with Gasteiger partial charge in [-0.2, -0.15) is 4.98 Å². The largest absolute Gasteiger partial charge is 0.351 e. The lowest BCUT2D eigenvalue weighted by atomic mass is 10.1. The lowest BCUT2D eigenvalue weighted by molar-refractivity contribution is -0.118. The van der Waals surface area contributed by atoms with Gasteiger partial charge < -0.3 is 20.0 Å². The highest BCUT2D eigenvalue weighted by Gasteiger charge is 2.32. The number of nitrogens with one attached hydrogen (secondary N) is 2. The van der Waals surface area contributed by atoms with E-state index in [-0.39, 0.29) is 16.8 Å². The van der Waals surface area contributed by atoms with E-state index in [4.69, 9.17) is 4.98 Å². The number of likely N-dealkylation sites (tertiary alicyclic amines) is 1. The van der Waals surface area contributed by atoms with E-state index in [0.717, 1.165) is 44.6 Å². The maximum atomic E-state index is 13.0. The fraction of sp³-hybridized carbons (Fsp3) is 0.560. The van der Waals surface area contributed by atoms with Crippen LogP contribution in [0.5, 0.6) is 0 Å². The van der Waals surface area contributed by atoms with Crippen LogP contribution in [0, 0.1) is 0 Å². The quantitative estimate of drug-likeness (QED) is 0.607. The summed E-state index contributed by atoms with van der Waals surface area (Å²) in [6.45, 7) is 2.39. The van der Waals surface area contributed by atoms with Crippen LogP contribution in [0.3, 0.4) is 0 Å². The molecule has 2 aliphatic heterocycles. The predicted molar refractivity (Wildman–Crippen MR) is 140 cm³/mol. The molecular weight excluding hydrogens is 478 g/mol. The maximum Gasteiger partial charge on any atom is 0.240 e. The van der Waals surface area contributed by atoms with Crippen LogP contribution in [0.15, 0.2) is 35.4 Å². The monoisotopic (exact) mass is 513 g/mol. The molecule has 10 nitrogen and oxygen atoms in total. The Balaban J connectivity index is 1.37. The zero-order valence-corrected chi connectivity index (χ0v) is 21.8. The van der Waals surface area contributed by atoms with E-state index in [1.54, 1.807) is 42.4 Å². The normalized spacial score (nSPS) is 20.4. The molecule has 1 saturated carbocycles. The molecule has 194 valence electrons. The Labute approximate surface area is 213 Å². The molecule has 2 fully saturated rings. The van der Waals surface area contributed by atoms with Crippen molar-refractivity contribution in [3.63, 3.8) is 0 Å². The molecule has 36 heavy (non-hydrogen) atoms. The topological polar surface area (TPSA) is 111 Å². The first-order valence-electron chi connectivity index (χ1n) is 12.8. The molecule has 11 heteroatoms. The van der Waals surface area contributed by atoms with Gasteiger partial charge in [0.25, 0.3) is 0 Å². The summed E-state index contributed by atoms with van der Waals surface area (Å²) < 4.78 is 29.0. The summed E-state index contributed by atoms with van der Waals surface area (Å²) in [5.74, 6) is 1.17. The summed E-state index contributed by atoms with van der Waals surface area (Å²) >= 11 is 0. The van der Waals surface area contributed by atoms with E-state index in [1.165, 1.54) is 12.8 Å². The number of sulfonamides is 1. The van der Waals surface area contributed by atoms with E-state index in [0.29, 0.717) is 36.3 Å². The molecule has 0 atom stereocenters. The lowest BCUT2D eigenvalue weighted by Gasteiger charge is -2.30. The summed E-state index contributed by atoms with van der Waals surface area (Å²) in [7, 11) is 0.168. The van der Waals surface area contributed by atoms with E-state index in [1.807, 2.05) is 7.05 Å². The number of fused-ring (bicyclic) bond motifs is 1. The number of anilines is 4.